The third-order valence-corrected chi connectivity index (χ3v) is 6.40. The van der Waals surface area contributed by atoms with Crippen LogP contribution in [-0.4, -0.2) is 30.0 Å². The smallest absolute Gasteiger partial charge is 0.336 e. The third kappa shape index (κ3) is 5.12. The summed E-state index contributed by atoms with van der Waals surface area (Å²) in [6.07, 6.45) is -2.81. The minimum absolute atomic E-state index is 0.155. The van der Waals surface area contributed by atoms with Crippen LogP contribution >= 0.6 is 22.9 Å². The van der Waals surface area contributed by atoms with Gasteiger partial charge in [-0.15, -0.1) is 11.3 Å². The van der Waals surface area contributed by atoms with Crippen LogP contribution in [0.15, 0.2) is 42.6 Å². The number of thiazole rings is 1. The summed E-state index contributed by atoms with van der Waals surface area (Å²) in [4.78, 5) is 30.9. The van der Waals surface area contributed by atoms with Crippen molar-refractivity contribution in [3.63, 3.8) is 0 Å². The Balaban J connectivity index is 1.45. The molecule has 0 bridgehead atoms. The number of amides is 3. The van der Waals surface area contributed by atoms with E-state index in [4.69, 9.17) is 11.6 Å². The minimum Gasteiger partial charge on any atom is -0.336 e. The summed E-state index contributed by atoms with van der Waals surface area (Å²) in [6.45, 7) is 2.94. The average molecular weight is 495 g/mol. The largest absolute Gasteiger partial charge is 0.416 e. The van der Waals surface area contributed by atoms with Crippen LogP contribution in [-0.2, 0) is 12.6 Å². The van der Waals surface area contributed by atoms with E-state index >= 15 is 0 Å². The number of hydrogen-bond acceptors (Lipinski definition) is 4. The van der Waals surface area contributed by atoms with E-state index in [2.05, 4.69) is 15.6 Å². The molecule has 33 heavy (non-hydrogen) atoms. The van der Waals surface area contributed by atoms with Gasteiger partial charge in [-0.25, -0.2) is 9.78 Å². The number of nitrogens with one attached hydrogen (secondary N) is 2. The highest BCUT2D eigenvalue weighted by Crippen LogP contribution is 2.33. The Labute approximate surface area is 196 Å². The number of halogens is 4. The maximum absolute atomic E-state index is 13.0. The summed E-state index contributed by atoms with van der Waals surface area (Å²) < 4.78 is 39.0. The molecule has 4 rings (SSSR count). The molecule has 1 aliphatic rings. The molecule has 1 fully saturated rings. The van der Waals surface area contributed by atoms with Crippen LogP contribution in [0.25, 0.3) is 0 Å². The summed E-state index contributed by atoms with van der Waals surface area (Å²) in [7, 11) is 0. The van der Waals surface area contributed by atoms with E-state index in [0.29, 0.717) is 34.2 Å². The SMILES string of the molecule is Cc1cc(C(=O)Nc2ncc(Cc3cc(C(F)(F)F)ccc3Cl)s2)ccc1N1CCNC1=O. The summed E-state index contributed by atoms with van der Waals surface area (Å²) in [5.74, 6) is -0.381. The van der Waals surface area contributed by atoms with Gasteiger partial charge in [0.25, 0.3) is 5.91 Å². The van der Waals surface area contributed by atoms with Crippen LogP contribution in [0.3, 0.4) is 0 Å². The summed E-state index contributed by atoms with van der Waals surface area (Å²) >= 11 is 7.23. The van der Waals surface area contributed by atoms with Crippen molar-refractivity contribution in [2.45, 2.75) is 19.5 Å². The van der Waals surface area contributed by atoms with Crippen LogP contribution in [0.4, 0.5) is 28.8 Å². The molecule has 3 aromatic rings. The molecule has 0 atom stereocenters. The molecule has 3 amide bonds. The van der Waals surface area contributed by atoms with Gasteiger partial charge >= 0.3 is 12.2 Å². The highest BCUT2D eigenvalue weighted by Gasteiger charge is 2.31. The van der Waals surface area contributed by atoms with Crippen LogP contribution in [0.1, 0.15) is 31.9 Å². The van der Waals surface area contributed by atoms with Crippen molar-refractivity contribution < 1.29 is 22.8 Å². The monoisotopic (exact) mass is 494 g/mol. The molecule has 2 heterocycles. The second-order valence-electron chi connectivity index (χ2n) is 7.45. The zero-order valence-electron chi connectivity index (χ0n) is 17.3. The van der Waals surface area contributed by atoms with Crippen molar-refractivity contribution in [1.29, 1.82) is 0 Å². The Bertz CT molecular complexity index is 1230. The summed E-state index contributed by atoms with van der Waals surface area (Å²) in [6, 6.07) is 8.04. The Morgan fingerprint density at radius 2 is 2.06 bits per heavy atom. The molecular formula is C22H18ClF3N4O2S. The Morgan fingerprint density at radius 3 is 2.73 bits per heavy atom. The van der Waals surface area contributed by atoms with Crippen molar-refractivity contribution in [1.82, 2.24) is 10.3 Å². The van der Waals surface area contributed by atoms with Gasteiger partial charge in [-0.05, 0) is 54.4 Å². The van der Waals surface area contributed by atoms with Gasteiger partial charge in [-0.1, -0.05) is 11.6 Å². The topological polar surface area (TPSA) is 74.3 Å². The van der Waals surface area contributed by atoms with Crippen molar-refractivity contribution >= 4 is 45.7 Å². The fourth-order valence-electron chi connectivity index (χ4n) is 3.49. The normalized spacial score (nSPS) is 13.8. The van der Waals surface area contributed by atoms with Crippen LogP contribution in [0.5, 0.6) is 0 Å². The predicted octanol–water partition coefficient (Wildman–Crippen LogP) is 5.50. The average Bonchev–Trinajstić information content (AvgIpc) is 3.37. The molecule has 0 saturated carbocycles. The van der Waals surface area contributed by atoms with Crippen molar-refractivity contribution in [2.24, 2.45) is 0 Å². The highest BCUT2D eigenvalue weighted by atomic mass is 35.5. The molecule has 11 heteroatoms. The molecule has 0 unspecified atom stereocenters. The molecule has 0 radical (unpaired) electrons. The number of rotatable bonds is 5. The van der Waals surface area contributed by atoms with E-state index in [1.165, 1.54) is 12.3 Å². The van der Waals surface area contributed by atoms with Gasteiger partial charge in [0, 0.05) is 46.9 Å². The van der Waals surface area contributed by atoms with Gasteiger partial charge in [0.15, 0.2) is 5.13 Å². The van der Waals surface area contributed by atoms with E-state index in [1.54, 1.807) is 23.1 Å². The van der Waals surface area contributed by atoms with E-state index in [9.17, 15) is 22.8 Å². The first-order valence-electron chi connectivity index (χ1n) is 9.89. The minimum atomic E-state index is -4.46. The number of carbonyl (C=O) groups excluding carboxylic acids is 2. The molecule has 2 N–H and O–H groups in total. The Kier molecular flexibility index (Phi) is 6.31. The lowest BCUT2D eigenvalue weighted by molar-refractivity contribution is -0.137. The lowest BCUT2D eigenvalue weighted by Crippen LogP contribution is -2.28. The molecule has 1 aromatic heterocycles. The number of nitrogens with zero attached hydrogens (tertiary/aromatic N) is 2. The molecule has 2 aromatic carbocycles. The van der Waals surface area contributed by atoms with Crippen molar-refractivity contribution in [2.75, 3.05) is 23.3 Å². The number of alkyl halides is 3. The number of aromatic nitrogens is 1. The molecule has 6 nitrogen and oxygen atoms in total. The summed E-state index contributed by atoms with van der Waals surface area (Å²) in [5, 5.41) is 5.98. The number of anilines is 2. The first-order valence-corrected chi connectivity index (χ1v) is 11.1. The third-order valence-electron chi connectivity index (χ3n) is 5.12. The highest BCUT2D eigenvalue weighted by molar-refractivity contribution is 7.15. The zero-order chi connectivity index (χ0) is 23.8. The van der Waals surface area contributed by atoms with Crippen LogP contribution in [0.2, 0.25) is 5.02 Å². The van der Waals surface area contributed by atoms with Gasteiger partial charge in [0.2, 0.25) is 0 Å². The first kappa shape index (κ1) is 23.1. The molecular weight excluding hydrogens is 477 g/mol. The van der Waals surface area contributed by atoms with Crippen molar-refractivity contribution in [3.8, 4) is 0 Å². The predicted molar refractivity (Wildman–Crippen MR) is 121 cm³/mol. The lowest BCUT2D eigenvalue weighted by Gasteiger charge is -2.17. The number of aryl methyl sites for hydroxylation is 1. The fourth-order valence-corrected chi connectivity index (χ4v) is 4.51. The molecule has 1 aliphatic heterocycles. The lowest BCUT2D eigenvalue weighted by atomic mass is 10.1. The van der Waals surface area contributed by atoms with E-state index < -0.39 is 11.7 Å². The number of carbonyl (C=O) groups is 2. The second kappa shape index (κ2) is 9.03. The molecule has 0 spiro atoms. The zero-order valence-corrected chi connectivity index (χ0v) is 18.9. The maximum atomic E-state index is 13.0. The van der Waals surface area contributed by atoms with E-state index in [0.717, 1.165) is 34.7 Å². The number of benzene rings is 2. The number of hydrogen-bond donors (Lipinski definition) is 2. The quantitative estimate of drug-likeness (QED) is 0.492. The van der Waals surface area contributed by atoms with Gasteiger partial charge < -0.3 is 5.32 Å². The van der Waals surface area contributed by atoms with Crippen molar-refractivity contribution in [3.05, 3.63) is 74.7 Å². The molecule has 0 aliphatic carbocycles. The maximum Gasteiger partial charge on any atom is 0.416 e. The summed E-state index contributed by atoms with van der Waals surface area (Å²) in [5.41, 5.74) is 1.46. The van der Waals surface area contributed by atoms with Crippen LogP contribution < -0.4 is 15.5 Å². The van der Waals surface area contributed by atoms with Gasteiger partial charge in [0.05, 0.1) is 5.56 Å². The molecule has 1 saturated heterocycles. The second-order valence-corrected chi connectivity index (χ2v) is 8.97. The van der Waals surface area contributed by atoms with Gasteiger partial charge in [-0.3, -0.25) is 15.0 Å². The molecule has 172 valence electrons. The first-order chi connectivity index (χ1) is 15.6. The Hall–Kier alpha value is -3.11. The number of urea groups is 1. The van der Waals surface area contributed by atoms with Gasteiger partial charge in [0.1, 0.15) is 0 Å². The fraction of sp³-hybridized carbons (Fsp3) is 0.227. The van der Waals surface area contributed by atoms with E-state index in [-0.39, 0.29) is 23.4 Å². The van der Waals surface area contributed by atoms with E-state index in [1.807, 2.05) is 6.92 Å². The van der Waals surface area contributed by atoms with Crippen LogP contribution in [0, 0.1) is 6.92 Å². The Morgan fingerprint density at radius 1 is 1.27 bits per heavy atom. The van der Waals surface area contributed by atoms with Gasteiger partial charge in [-0.2, -0.15) is 13.2 Å². The standard InChI is InChI=1S/C22H18ClF3N4O2S/c1-12-8-13(2-5-18(12)30-7-6-27-21(30)32)19(31)29-20-28-11-16(33-20)10-14-9-15(22(24,25)26)3-4-17(14)23/h2-5,8-9,11H,6-7,10H2,1H3,(H,27,32)(H,28,29,31).